The number of carbonyl (C=O) groups is 1. The lowest BCUT2D eigenvalue weighted by Gasteiger charge is -2.15. The fraction of sp³-hybridized carbons (Fsp3) is 0.235. The van der Waals surface area contributed by atoms with Crippen molar-refractivity contribution in [2.24, 2.45) is 0 Å². The van der Waals surface area contributed by atoms with Crippen LogP contribution >= 0.6 is 27.5 Å². The van der Waals surface area contributed by atoms with Gasteiger partial charge in [0.2, 0.25) is 0 Å². The molecule has 0 radical (unpaired) electrons. The van der Waals surface area contributed by atoms with E-state index < -0.39 is 11.8 Å². The van der Waals surface area contributed by atoms with Gasteiger partial charge in [-0.2, -0.15) is 0 Å². The van der Waals surface area contributed by atoms with Crippen LogP contribution in [-0.4, -0.2) is 24.7 Å². The molecule has 0 unspecified atom stereocenters. The van der Waals surface area contributed by atoms with Gasteiger partial charge >= 0.3 is 5.97 Å². The molecule has 0 aromatic heterocycles. The van der Waals surface area contributed by atoms with Crippen LogP contribution in [0.2, 0.25) is 5.02 Å². The number of ether oxygens (including phenoxy) is 2. The molecule has 134 valence electrons. The van der Waals surface area contributed by atoms with Crippen molar-refractivity contribution in [3.63, 3.8) is 0 Å². The van der Waals surface area contributed by atoms with E-state index in [1.54, 1.807) is 18.2 Å². The van der Waals surface area contributed by atoms with Gasteiger partial charge in [-0.05, 0) is 29.8 Å². The largest absolute Gasteiger partial charge is 0.493 e. The van der Waals surface area contributed by atoms with Gasteiger partial charge in [-0.1, -0.05) is 33.6 Å². The molecule has 2 rings (SSSR count). The molecule has 0 heterocycles. The summed E-state index contributed by atoms with van der Waals surface area (Å²) in [7, 11) is 1.49. The zero-order valence-electron chi connectivity index (χ0n) is 13.3. The highest BCUT2D eigenvalue weighted by Crippen LogP contribution is 2.34. The van der Waals surface area contributed by atoms with Crippen molar-refractivity contribution < 1.29 is 23.8 Å². The fourth-order valence-electron chi connectivity index (χ4n) is 2.11. The lowest BCUT2D eigenvalue weighted by Crippen LogP contribution is -2.22. The fourth-order valence-corrected chi connectivity index (χ4v) is 2.79. The molecule has 2 aromatic carbocycles. The van der Waals surface area contributed by atoms with E-state index in [4.69, 9.17) is 26.2 Å². The maximum Gasteiger partial charge on any atom is 0.317 e. The Morgan fingerprint density at radius 3 is 2.76 bits per heavy atom. The minimum atomic E-state index is -0.940. The summed E-state index contributed by atoms with van der Waals surface area (Å²) in [5.74, 6) is -0.525. The molecular weight excluding hydrogens is 417 g/mol. The standard InChI is InChI=1S/C17H16BrClFNO4/c1-24-15-5-10(7-21-8-17(22)23)12(18)6-16(15)25-9-11-13(19)3-2-4-14(11)20/h2-6,21H,7-9H2,1H3,(H,22,23). The highest BCUT2D eigenvalue weighted by Gasteiger charge is 2.13. The minimum absolute atomic E-state index is 0.0507. The molecule has 0 spiro atoms. The first kappa shape index (κ1) is 19.5. The van der Waals surface area contributed by atoms with Gasteiger partial charge in [0.05, 0.1) is 18.7 Å². The van der Waals surface area contributed by atoms with Crippen molar-refractivity contribution in [1.82, 2.24) is 5.32 Å². The molecule has 0 aliphatic carbocycles. The smallest absolute Gasteiger partial charge is 0.317 e. The predicted octanol–water partition coefficient (Wildman–Crippen LogP) is 4.00. The summed E-state index contributed by atoms with van der Waals surface area (Å²) in [4.78, 5) is 10.6. The van der Waals surface area contributed by atoms with Crippen LogP contribution in [0, 0.1) is 5.82 Å². The Kier molecular flexibility index (Phi) is 7.04. The highest BCUT2D eigenvalue weighted by atomic mass is 79.9. The molecule has 0 amide bonds. The Labute approximate surface area is 157 Å². The first-order chi connectivity index (χ1) is 11.9. The van der Waals surface area contributed by atoms with Crippen LogP contribution in [0.25, 0.3) is 0 Å². The van der Waals surface area contributed by atoms with Gasteiger partial charge in [-0.25, -0.2) is 4.39 Å². The molecule has 0 fully saturated rings. The van der Waals surface area contributed by atoms with Gasteiger partial charge < -0.3 is 19.9 Å². The van der Waals surface area contributed by atoms with Crippen molar-refractivity contribution in [1.29, 1.82) is 0 Å². The van der Waals surface area contributed by atoms with Crippen LogP contribution in [0.4, 0.5) is 4.39 Å². The number of hydrogen-bond donors (Lipinski definition) is 2. The number of aliphatic carboxylic acids is 1. The Bertz CT molecular complexity index is 752. The molecule has 2 N–H and O–H groups in total. The van der Waals surface area contributed by atoms with Gasteiger partial charge in [0.15, 0.2) is 11.5 Å². The van der Waals surface area contributed by atoms with Crippen molar-refractivity contribution in [2.45, 2.75) is 13.2 Å². The van der Waals surface area contributed by atoms with Crippen LogP contribution in [0.1, 0.15) is 11.1 Å². The van der Waals surface area contributed by atoms with Gasteiger partial charge in [0, 0.05) is 16.6 Å². The quantitative estimate of drug-likeness (QED) is 0.660. The van der Waals surface area contributed by atoms with Crippen LogP contribution in [0.15, 0.2) is 34.8 Å². The van der Waals surface area contributed by atoms with E-state index in [-0.39, 0.29) is 23.7 Å². The number of carboxylic acid groups (broad SMARTS) is 1. The number of methoxy groups -OCH3 is 1. The Morgan fingerprint density at radius 2 is 2.12 bits per heavy atom. The van der Waals surface area contributed by atoms with Crippen LogP contribution in [0.3, 0.4) is 0 Å². The van der Waals surface area contributed by atoms with Crippen molar-refractivity contribution >= 4 is 33.5 Å². The maximum atomic E-state index is 13.8. The number of hydrogen-bond acceptors (Lipinski definition) is 4. The summed E-state index contributed by atoms with van der Waals surface area (Å²) in [6.45, 7) is 0.131. The number of rotatable bonds is 8. The van der Waals surface area contributed by atoms with Gasteiger partial charge in [-0.3, -0.25) is 4.79 Å². The molecule has 0 aliphatic heterocycles. The molecule has 0 bridgehead atoms. The molecule has 0 aliphatic rings. The SMILES string of the molecule is COc1cc(CNCC(=O)O)c(Br)cc1OCc1c(F)cccc1Cl. The van der Waals surface area contributed by atoms with E-state index in [0.717, 1.165) is 5.56 Å². The van der Waals surface area contributed by atoms with Gasteiger partial charge in [0.25, 0.3) is 0 Å². The number of halogens is 3. The molecule has 0 saturated carbocycles. The topological polar surface area (TPSA) is 67.8 Å². The summed E-state index contributed by atoms with van der Waals surface area (Å²) >= 11 is 9.40. The van der Waals surface area contributed by atoms with E-state index in [2.05, 4.69) is 21.2 Å². The minimum Gasteiger partial charge on any atom is -0.493 e. The second-order valence-electron chi connectivity index (χ2n) is 5.08. The zero-order chi connectivity index (χ0) is 18.4. The van der Waals surface area contributed by atoms with Crippen LogP contribution in [0.5, 0.6) is 11.5 Å². The number of benzene rings is 2. The van der Waals surface area contributed by atoms with E-state index in [0.29, 0.717) is 22.5 Å². The van der Waals surface area contributed by atoms with E-state index in [1.165, 1.54) is 19.2 Å². The Hall–Kier alpha value is -1.83. The van der Waals surface area contributed by atoms with Crippen molar-refractivity contribution in [2.75, 3.05) is 13.7 Å². The summed E-state index contributed by atoms with van der Waals surface area (Å²) in [6, 6.07) is 7.84. The van der Waals surface area contributed by atoms with E-state index >= 15 is 0 Å². The number of carboxylic acids is 1. The van der Waals surface area contributed by atoms with Crippen LogP contribution in [-0.2, 0) is 17.9 Å². The van der Waals surface area contributed by atoms with Crippen molar-refractivity contribution in [3.8, 4) is 11.5 Å². The summed E-state index contributed by atoms with van der Waals surface area (Å²) in [6.07, 6.45) is 0. The van der Waals surface area contributed by atoms with Gasteiger partial charge in [-0.15, -0.1) is 0 Å². The predicted molar refractivity (Wildman–Crippen MR) is 95.8 cm³/mol. The van der Waals surface area contributed by atoms with E-state index in [9.17, 15) is 9.18 Å². The Balaban J connectivity index is 2.15. The molecule has 25 heavy (non-hydrogen) atoms. The monoisotopic (exact) mass is 431 g/mol. The highest BCUT2D eigenvalue weighted by molar-refractivity contribution is 9.10. The zero-order valence-corrected chi connectivity index (χ0v) is 15.7. The number of nitrogens with one attached hydrogen (secondary N) is 1. The first-order valence-corrected chi connectivity index (χ1v) is 8.44. The third-order valence-corrected chi connectivity index (χ3v) is 4.45. The normalized spacial score (nSPS) is 10.6. The summed E-state index contributed by atoms with van der Waals surface area (Å²) in [5.41, 5.74) is 1.06. The molecule has 2 aromatic rings. The second-order valence-corrected chi connectivity index (χ2v) is 6.34. The van der Waals surface area contributed by atoms with Crippen molar-refractivity contribution in [3.05, 3.63) is 56.8 Å². The molecule has 0 atom stereocenters. The molecule has 5 nitrogen and oxygen atoms in total. The molecule has 8 heteroatoms. The first-order valence-electron chi connectivity index (χ1n) is 7.27. The summed E-state index contributed by atoms with van der Waals surface area (Å²) < 4.78 is 25.5. The summed E-state index contributed by atoms with van der Waals surface area (Å²) in [5, 5.41) is 11.7. The third kappa shape index (κ3) is 5.32. The lowest BCUT2D eigenvalue weighted by molar-refractivity contribution is -0.135. The van der Waals surface area contributed by atoms with Gasteiger partial charge in [0.1, 0.15) is 12.4 Å². The lowest BCUT2D eigenvalue weighted by atomic mass is 10.2. The maximum absolute atomic E-state index is 13.8. The molecular formula is C17H16BrClFNO4. The third-order valence-electron chi connectivity index (χ3n) is 3.36. The van der Waals surface area contributed by atoms with E-state index in [1.807, 2.05) is 0 Å². The Morgan fingerprint density at radius 1 is 1.36 bits per heavy atom. The second kappa shape index (κ2) is 9.03. The molecule has 0 saturated heterocycles. The average Bonchev–Trinajstić information content (AvgIpc) is 2.55. The average molecular weight is 433 g/mol. The van der Waals surface area contributed by atoms with Crippen LogP contribution < -0.4 is 14.8 Å².